The van der Waals surface area contributed by atoms with Crippen molar-refractivity contribution in [2.24, 2.45) is 0 Å². The second-order valence-corrected chi connectivity index (χ2v) is 4.55. The Morgan fingerprint density at radius 2 is 2.12 bits per heavy atom. The summed E-state index contributed by atoms with van der Waals surface area (Å²) in [6.45, 7) is 0. The van der Waals surface area contributed by atoms with Gasteiger partial charge in [-0.05, 0) is 5.57 Å². The summed E-state index contributed by atoms with van der Waals surface area (Å²) in [5, 5.41) is 8.47. The van der Waals surface area contributed by atoms with Crippen molar-refractivity contribution in [3.05, 3.63) is 29.3 Å². The van der Waals surface area contributed by atoms with Crippen molar-refractivity contribution < 1.29 is 57.2 Å². The summed E-state index contributed by atoms with van der Waals surface area (Å²) >= 11 is 0. The van der Waals surface area contributed by atoms with Crippen molar-refractivity contribution in [2.75, 3.05) is 0 Å². The van der Waals surface area contributed by atoms with Gasteiger partial charge in [-0.25, -0.2) is 0 Å². The van der Waals surface area contributed by atoms with Crippen molar-refractivity contribution in [1.29, 1.82) is 0 Å². The fourth-order valence-corrected chi connectivity index (χ4v) is 2.01. The Bertz CT molecular complexity index is 530. The van der Waals surface area contributed by atoms with E-state index in [0.29, 0.717) is 0 Å². The van der Waals surface area contributed by atoms with Gasteiger partial charge in [0.1, 0.15) is 0 Å². The van der Waals surface area contributed by atoms with Gasteiger partial charge < -0.3 is 15.4 Å². The number of carboxylic acid groups (broad SMARTS) is 1. The summed E-state index contributed by atoms with van der Waals surface area (Å²) in [5.74, 6) is -1.91. The van der Waals surface area contributed by atoms with Crippen molar-refractivity contribution in [1.82, 2.24) is 0 Å². The van der Waals surface area contributed by atoms with Crippen LogP contribution in [-0.2, 0) is 14.9 Å². The maximum Gasteiger partial charge on any atom is 1.00 e. The predicted octanol–water partition coefficient (Wildman–Crippen LogP) is -4.45. The molecule has 1 N–H and O–H groups in total. The first-order chi connectivity index (χ1) is 7.36. The van der Waals surface area contributed by atoms with Gasteiger partial charge in [0.25, 0.3) is 15.8 Å². The van der Waals surface area contributed by atoms with E-state index in [1.165, 1.54) is 12.2 Å². The minimum absolute atomic E-state index is 0. The van der Waals surface area contributed by atoms with E-state index in [1.54, 1.807) is 0 Å². The normalized spacial score (nSPS) is 16.5. The molecule has 0 amide bonds. The maximum absolute atomic E-state index is 10.8. The summed E-state index contributed by atoms with van der Waals surface area (Å²) in [6, 6.07) is 0. The van der Waals surface area contributed by atoms with Gasteiger partial charge in [-0.15, -0.1) is 0 Å². The van der Waals surface area contributed by atoms with Crippen molar-refractivity contribution in [2.45, 2.75) is 11.7 Å². The Balaban J connectivity index is 0.00000256. The molecule has 0 saturated heterocycles. The molecule has 9 heteroatoms. The number of hydrogen-bond donors (Lipinski definition) is 1. The molecule has 0 aliphatic heterocycles. The van der Waals surface area contributed by atoms with Gasteiger partial charge in [-0.3, -0.25) is 4.55 Å². The van der Waals surface area contributed by atoms with Crippen LogP contribution in [0.3, 0.4) is 0 Å². The Morgan fingerprint density at radius 1 is 1.53 bits per heavy atom. The first-order valence-electron chi connectivity index (χ1n) is 4.12. The van der Waals surface area contributed by atoms with Crippen LogP contribution in [0.2, 0.25) is 0 Å². The number of carbonyl (C=O) groups is 1. The minimum Gasteiger partial charge on any atom is -0.548 e. The number of carboxylic acids is 1. The molecule has 86 valence electrons. The second-order valence-electron chi connectivity index (χ2n) is 3.05. The molecule has 1 unspecified atom stereocenters. The van der Waals surface area contributed by atoms with Crippen LogP contribution in [0.4, 0.5) is 0 Å². The molecule has 0 fully saturated rings. The summed E-state index contributed by atoms with van der Waals surface area (Å²) in [5.41, 5.74) is 8.51. The molecule has 1 rings (SSSR count). The average molecular weight is 266 g/mol. The number of allylic oxidation sites excluding steroid dienone is 3. The van der Waals surface area contributed by atoms with Crippen molar-refractivity contribution >= 4 is 21.8 Å². The zero-order valence-corrected chi connectivity index (χ0v) is 11.7. The third-order valence-corrected chi connectivity index (χ3v) is 3.02. The van der Waals surface area contributed by atoms with Gasteiger partial charge in [0, 0.05) is 6.08 Å². The molecule has 1 aliphatic carbocycles. The first kappa shape index (κ1) is 16.2. The molecular weight excluding hydrogens is 259 g/mol. The number of nitrogens with zero attached hydrogens (tertiary/aromatic N) is 2. The number of rotatable bonds is 3. The Labute approximate surface area is 119 Å². The molecular formula is C8H7N2NaO5S. The topological polar surface area (TPSA) is 131 Å². The van der Waals surface area contributed by atoms with Gasteiger partial charge in [-0.2, -0.15) is 13.2 Å². The van der Waals surface area contributed by atoms with Crippen LogP contribution in [0.15, 0.2) is 23.8 Å². The van der Waals surface area contributed by atoms with Gasteiger partial charge >= 0.3 is 29.6 Å². The van der Waals surface area contributed by atoms with E-state index >= 15 is 0 Å². The third kappa shape index (κ3) is 4.19. The Hall–Kier alpha value is -0.760. The van der Waals surface area contributed by atoms with E-state index in [2.05, 4.69) is 4.79 Å². The molecule has 0 aromatic rings. The summed E-state index contributed by atoms with van der Waals surface area (Å²) in [7, 11) is -4.77. The summed E-state index contributed by atoms with van der Waals surface area (Å²) < 4.78 is 30.3. The fourth-order valence-electron chi connectivity index (χ4n) is 1.25. The Morgan fingerprint density at radius 3 is 2.41 bits per heavy atom. The fraction of sp³-hybridized carbons (Fsp3) is 0.250. The van der Waals surface area contributed by atoms with E-state index in [9.17, 15) is 18.3 Å². The molecule has 0 aromatic carbocycles. The van der Waals surface area contributed by atoms with Gasteiger partial charge in [-0.1, -0.05) is 12.2 Å². The van der Waals surface area contributed by atoms with E-state index < -0.39 is 21.3 Å². The monoisotopic (exact) mass is 266 g/mol. The van der Waals surface area contributed by atoms with Gasteiger partial charge in [0.15, 0.2) is 5.25 Å². The molecule has 7 nitrogen and oxygen atoms in total. The molecule has 0 radical (unpaired) electrons. The van der Waals surface area contributed by atoms with Gasteiger partial charge in [0.05, 0.1) is 12.4 Å². The minimum atomic E-state index is -4.77. The predicted molar refractivity (Wildman–Crippen MR) is 50.8 cm³/mol. The van der Waals surface area contributed by atoms with Crippen molar-refractivity contribution in [3.8, 4) is 0 Å². The molecule has 0 spiro atoms. The van der Waals surface area contributed by atoms with Crippen LogP contribution in [0, 0.1) is 0 Å². The number of carbonyl (C=O) groups excluding carboxylic acids is 1. The smallest absolute Gasteiger partial charge is 0.548 e. The average Bonchev–Trinajstić information content (AvgIpc) is 2.16. The van der Waals surface area contributed by atoms with Crippen LogP contribution in [0.5, 0.6) is 0 Å². The zero-order chi connectivity index (χ0) is 12.3. The molecule has 1 aliphatic rings. The molecule has 0 heterocycles. The van der Waals surface area contributed by atoms with Crippen LogP contribution in [0.1, 0.15) is 6.42 Å². The molecule has 0 aromatic heterocycles. The summed E-state index contributed by atoms with van der Waals surface area (Å²) in [6.07, 6.45) is 3.67. The SMILES string of the molecule is [N-]=[N+]=C1C=CC(C(C(=O)[O-])S(=O)(=O)O)=CC1.[Na+]. The zero-order valence-electron chi connectivity index (χ0n) is 8.90. The van der Waals surface area contributed by atoms with E-state index in [4.69, 9.17) is 10.1 Å². The van der Waals surface area contributed by atoms with Crippen LogP contribution in [0.25, 0.3) is 5.53 Å². The third-order valence-electron chi connectivity index (χ3n) is 1.96. The Kier molecular flexibility index (Phi) is 5.97. The second kappa shape index (κ2) is 6.25. The van der Waals surface area contributed by atoms with Crippen LogP contribution < -0.4 is 34.7 Å². The van der Waals surface area contributed by atoms with E-state index in [-0.39, 0.29) is 47.3 Å². The standard InChI is InChI=1S/C8H8N2O5S.Na/c9-10-6-3-1-5(2-4-6)7(8(11)12)16(13,14)15;/h1-3,7H,4H2,(H,11,12)(H,13,14,15);/q;+1/p-1. The quantitative estimate of drug-likeness (QED) is 0.238. The molecule has 0 bridgehead atoms. The molecule has 17 heavy (non-hydrogen) atoms. The van der Waals surface area contributed by atoms with E-state index in [1.807, 2.05) is 0 Å². The first-order valence-corrected chi connectivity index (χ1v) is 5.63. The number of aliphatic carboxylic acids is 1. The van der Waals surface area contributed by atoms with Crippen molar-refractivity contribution in [3.63, 3.8) is 0 Å². The summed E-state index contributed by atoms with van der Waals surface area (Å²) in [4.78, 5) is 13.5. The maximum atomic E-state index is 10.8. The van der Waals surface area contributed by atoms with E-state index in [0.717, 1.165) is 6.08 Å². The molecule has 1 atom stereocenters. The molecule has 0 saturated carbocycles. The van der Waals surface area contributed by atoms with Crippen LogP contribution in [-0.4, -0.2) is 34.7 Å². The van der Waals surface area contributed by atoms with Crippen LogP contribution >= 0.6 is 0 Å². The number of hydrogen-bond acceptors (Lipinski definition) is 4. The van der Waals surface area contributed by atoms with Gasteiger partial charge in [0.2, 0.25) is 0 Å². The largest absolute Gasteiger partial charge is 1.00 e.